The first-order chi connectivity index (χ1) is 13.5. The molecule has 2 aromatic carbocycles. The van der Waals surface area contributed by atoms with Crippen LogP contribution in [0, 0.1) is 6.92 Å². The Morgan fingerprint density at radius 2 is 1.68 bits per heavy atom. The number of benzene rings is 2. The number of carbonyl (C=O) groups is 3. The summed E-state index contributed by atoms with van der Waals surface area (Å²) in [5.74, 6) is -0.587. The third kappa shape index (κ3) is 7.11. The summed E-state index contributed by atoms with van der Waals surface area (Å²) in [5.41, 5.74) is 1.86. The van der Waals surface area contributed by atoms with Gasteiger partial charge in [0.1, 0.15) is 5.75 Å². The number of ether oxygens (including phenoxy) is 2. The highest BCUT2D eigenvalue weighted by Crippen LogP contribution is 2.16. The van der Waals surface area contributed by atoms with Crippen LogP contribution in [0.3, 0.4) is 0 Å². The van der Waals surface area contributed by atoms with Crippen molar-refractivity contribution in [3.63, 3.8) is 0 Å². The van der Waals surface area contributed by atoms with Crippen LogP contribution < -0.4 is 15.4 Å². The topological polar surface area (TPSA) is 93.7 Å². The summed E-state index contributed by atoms with van der Waals surface area (Å²) in [6.45, 7) is 3.72. The molecule has 2 aromatic rings. The Morgan fingerprint density at radius 1 is 1.00 bits per heavy atom. The molecule has 0 bridgehead atoms. The lowest BCUT2D eigenvalue weighted by atomic mass is 10.2. The second-order valence-electron chi connectivity index (χ2n) is 6.15. The van der Waals surface area contributed by atoms with Gasteiger partial charge in [-0.1, -0.05) is 48.5 Å². The van der Waals surface area contributed by atoms with Gasteiger partial charge in [0, 0.05) is 6.54 Å². The zero-order valence-electron chi connectivity index (χ0n) is 15.9. The molecular formula is C21H24N2O5. The second-order valence-corrected chi connectivity index (χ2v) is 6.15. The minimum atomic E-state index is -1.09. The normalized spacial score (nSPS) is 11.2. The van der Waals surface area contributed by atoms with Crippen molar-refractivity contribution < 1.29 is 23.9 Å². The predicted molar refractivity (Wildman–Crippen MR) is 104 cm³/mol. The summed E-state index contributed by atoms with van der Waals surface area (Å²) in [4.78, 5) is 35.6. The van der Waals surface area contributed by atoms with Gasteiger partial charge in [-0.3, -0.25) is 14.9 Å². The Labute approximate surface area is 164 Å². The number of amides is 3. The summed E-state index contributed by atoms with van der Waals surface area (Å²) < 4.78 is 10.6. The molecule has 1 atom stereocenters. The van der Waals surface area contributed by atoms with Crippen LogP contribution in [0.2, 0.25) is 0 Å². The first-order valence-corrected chi connectivity index (χ1v) is 8.96. The van der Waals surface area contributed by atoms with E-state index in [2.05, 4.69) is 10.6 Å². The molecule has 0 spiro atoms. The van der Waals surface area contributed by atoms with E-state index in [9.17, 15) is 14.4 Å². The van der Waals surface area contributed by atoms with Gasteiger partial charge in [0.2, 0.25) is 0 Å². The molecule has 0 radical (unpaired) electrons. The Bertz CT molecular complexity index is 807. The number of carbonyl (C=O) groups excluding carboxylic acids is 3. The number of urea groups is 1. The largest absolute Gasteiger partial charge is 0.493 e. The van der Waals surface area contributed by atoms with E-state index in [-0.39, 0.29) is 19.6 Å². The fourth-order valence-electron chi connectivity index (χ4n) is 2.31. The van der Waals surface area contributed by atoms with Crippen LogP contribution in [0.1, 0.15) is 24.5 Å². The van der Waals surface area contributed by atoms with Crippen LogP contribution in [0.15, 0.2) is 54.6 Å². The first-order valence-electron chi connectivity index (χ1n) is 8.96. The van der Waals surface area contributed by atoms with Crippen molar-refractivity contribution in [1.82, 2.24) is 10.6 Å². The predicted octanol–water partition coefficient (Wildman–Crippen LogP) is 2.72. The number of para-hydroxylation sites is 1. The molecule has 3 amide bonds. The van der Waals surface area contributed by atoms with E-state index in [0.29, 0.717) is 5.75 Å². The molecule has 28 heavy (non-hydrogen) atoms. The highest BCUT2D eigenvalue weighted by Gasteiger charge is 2.19. The highest BCUT2D eigenvalue weighted by atomic mass is 16.5. The van der Waals surface area contributed by atoms with Gasteiger partial charge in [-0.2, -0.15) is 0 Å². The Kier molecular flexibility index (Phi) is 8.02. The molecule has 0 saturated heterocycles. The van der Waals surface area contributed by atoms with Crippen LogP contribution in [0.25, 0.3) is 0 Å². The number of aryl methyl sites for hydroxylation is 1. The van der Waals surface area contributed by atoms with Crippen LogP contribution >= 0.6 is 0 Å². The van der Waals surface area contributed by atoms with Crippen molar-refractivity contribution in [2.24, 2.45) is 0 Å². The number of hydrogen-bond donors (Lipinski definition) is 2. The third-order valence-electron chi connectivity index (χ3n) is 3.87. The van der Waals surface area contributed by atoms with Gasteiger partial charge in [-0.25, -0.2) is 4.79 Å². The minimum Gasteiger partial charge on any atom is -0.493 e. The summed E-state index contributed by atoms with van der Waals surface area (Å²) in [6.07, 6.45) is -1.10. The Morgan fingerprint density at radius 3 is 2.39 bits per heavy atom. The lowest BCUT2D eigenvalue weighted by Gasteiger charge is -2.14. The third-order valence-corrected chi connectivity index (χ3v) is 3.87. The second kappa shape index (κ2) is 10.7. The van der Waals surface area contributed by atoms with E-state index in [0.717, 1.165) is 11.1 Å². The maximum absolute atomic E-state index is 12.0. The Balaban J connectivity index is 1.67. The van der Waals surface area contributed by atoms with E-state index in [1.165, 1.54) is 6.92 Å². The summed E-state index contributed by atoms with van der Waals surface area (Å²) >= 11 is 0. The van der Waals surface area contributed by atoms with Crippen LogP contribution in [0.4, 0.5) is 4.79 Å². The van der Waals surface area contributed by atoms with Crippen molar-refractivity contribution in [1.29, 1.82) is 0 Å². The summed E-state index contributed by atoms with van der Waals surface area (Å²) in [6, 6.07) is 16.1. The molecule has 1 unspecified atom stereocenters. The molecule has 2 rings (SSSR count). The Hall–Kier alpha value is -3.35. The molecule has 0 aromatic heterocycles. The molecule has 0 aliphatic carbocycles. The van der Waals surface area contributed by atoms with Crippen LogP contribution in [0.5, 0.6) is 5.75 Å². The van der Waals surface area contributed by atoms with Gasteiger partial charge in [-0.05, 0) is 31.0 Å². The number of hydrogen-bond acceptors (Lipinski definition) is 5. The summed E-state index contributed by atoms with van der Waals surface area (Å²) in [5, 5.41) is 4.71. The SMILES string of the molecule is Cc1ccccc1OCCC(=O)OC(C)C(=O)NC(=O)NCc1ccccc1. The van der Waals surface area contributed by atoms with E-state index in [1.54, 1.807) is 0 Å². The monoisotopic (exact) mass is 384 g/mol. The van der Waals surface area contributed by atoms with Gasteiger partial charge < -0.3 is 14.8 Å². The average Bonchev–Trinajstić information content (AvgIpc) is 2.68. The van der Waals surface area contributed by atoms with Gasteiger partial charge >= 0.3 is 12.0 Å². The average molecular weight is 384 g/mol. The molecule has 0 heterocycles. The molecule has 2 N–H and O–H groups in total. The first kappa shape index (κ1) is 21.0. The highest BCUT2D eigenvalue weighted by molar-refractivity contribution is 5.97. The van der Waals surface area contributed by atoms with Crippen molar-refractivity contribution in [3.05, 3.63) is 65.7 Å². The van der Waals surface area contributed by atoms with Crippen molar-refractivity contribution in [2.75, 3.05) is 6.61 Å². The lowest BCUT2D eigenvalue weighted by molar-refractivity contribution is -0.154. The van der Waals surface area contributed by atoms with Gasteiger partial charge in [0.25, 0.3) is 5.91 Å². The molecule has 7 nitrogen and oxygen atoms in total. The standard InChI is InChI=1S/C21H24N2O5/c1-15-8-6-7-11-18(15)27-13-12-19(24)28-16(2)20(25)23-21(26)22-14-17-9-4-3-5-10-17/h3-11,16H,12-14H2,1-2H3,(H2,22,23,25,26). The molecular weight excluding hydrogens is 360 g/mol. The smallest absolute Gasteiger partial charge is 0.321 e. The van der Waals surface area contributed by atoms with Crippen LogP contribution in [-0.4, -0.2) is 30.6 Å². The van der Waals surface area contributed by atoms with Gasteiger partial charge in [0.15, 0.2) is 6.10 Å². The minimum absolute atomic E-state index is 0.00778. The maximum Gasteiger partial charge on any atom is 0.321 e. The molecule has 0 fully saturated rings. The zero-order chi connectivity index (χ0) is 20.4. The van der Waals surface area contributed by atoms with Gasteiger partial charge in [0.05, 0.1) is 13.0 Å². The van der Waals surface area contributed by atoms with E-state index in [1.807, 2.05) is 61.5 Å². The maximum atomic E-state index is 12.0. The van der Waals surface area contributed by atoms with E-state index >= 15 is 0 Å². The molecule has 0 aliphatic rings. The number of nitrogens with one attached hydrogen (secondary N) is 2. The summed E-state index contributed by atoms with van der Waals surface area (Å²) in [7, 11) is 0. The number of imide groups is 1. The lowest BCUT2D eigenvalue weighted by Crippen LogP contribution is -2.44. The fourth-order valence-corrected chi connectivity index (χ4v) is 2.31. The quantitative estimate of drug-likeness (QED) is 0.683. The molecule has 7 heteroatoms. The van der Waals surface area contributed by atoms with Crippen LogP contribution in [-0.2, 0) is 20.9 Å². The van der Waals surface area contributed by atoms with Gasteiger partial charge in [-0.15, -0.1) is 0 Å². The number of esters is 1. The fraction of sp³-hybridized carbons (Fsp3) is 0.286. The van der Waals surface area contributed by atoms with E-state index in [4.69, 9.17) is 9.47 Å². The molecule has 148 valence electrons. The number of rotatable bonds is 8. The van der Waals surface area contributed by atoms with Crippen molar-refractivity contribution in [3.8, 4) is 5.75 Å². The van der Waals surface area contributed by atoms with E-state index < -0.39 is 24.0 Å². The molecule has 0 aliphatic heterocycles. The van der Waals surface area contributed by atoms with Crippen molar-refractivity contribution in [2.45, 2.75) is 32.9 Å². The molecule has 0 saturated carbocycles. The van der Waals surface area contributed by atoms with Crippen molar-refractivity contribution >= 4 is 17.9 Å². The zero-order valence-corrected chi connectivity index (χ0v) is 15.9.